The van der Waals surface area contributed by atoms with Crippen LogP contribution in [-0.2, 0) is 29.7 Å². The van der Waals surface area contributed by atoms with Gasteiger partial charge in [0.15, 0.2) is 0 Å². The van der Waals surface area contributed by atoms with E-state index in [9.17, 15) is 8.42 Å². The highest BCUT2D eigenvalue weighted by Crippen LogP contribution is 2.42. The van der Waals surface area contributed by atoms with E-state index in [0.717, 1.165) is 46.4 Å². The number of nitrogens with zero attached hydrogens (tertiary/aromatic N) is 2. The maximum absolute atomic E-state index is 14.1. The van der Waals surface area contributed by atoms with Crippen LogP contribution in [0.5, 0.6) is 0 Å². The first-order chi connectivity index (χ1) is 17.0. The van der Waals surface area contributed by atoms with E-state index in [0.29, 0.717) is 11.4 Å². The number of aryl methyl sites for hydroxylation is 1. The van der Waals surface area contributed by atoms with Gasteiger partial charge >= 0.3 is 0 Å². The molecule has 35 heavy (non-hydrogen) atoms. The van der Waals surface area contributed by atoms with Crippen molar-refractivity contribution in [3.05, 3.63) is 126 Å². The number of rotatable bonds is 4. The molecule has 0 N–H and O–H groups in total. The Morgan fingerprint density at radius 2 is 1.43 bits per heavy atom. The third kappa shape index (κ3) is 3.77. The zero-order valence-electron chi connectivity index (χ0n) is 19.6. The summed E-state index contributed by atoms with van der Waals surface area (Å²) in [5, 5.41) is 0.965. The average Bonchev–Trinajstić information content (AvgIpc) is 3.10. The zero-order valence-corrected chi connectivity index (χ0v) is 20.4. The quantitative estimate of drug-likeness (QED) is 0.301. The molecule has 4 aromatic carbocycles. The molecule has 1 aliphatic heterocycles. The summed E-state index contributed by atoms with van der Waals surface area (Å²) in [4.78, 5) is 2.64. The fourth-order valence-electron chi connectivity index (χ4n) is 5.16. The van der Waals surface area contributed by atoms with E-state index in [1.165, 1.54) is 11.1 Å². The predicted molar refractivity (Wildman–Crippen MR) is 141 cm³/mol. The molecule has 5 heteroatoms. The van der Waals surface area contributed by atoms with Crippen LogP contribution >= 0.6 is 0 Å². The molecule has 0 atom stereocenters. The topological polar surface area (TPSA) is 42.3 Å². The van der Waals surface area contributed by atoms with Gasteiger partial charge in [0, 0.05) is 30.6 Å². The Labute approximate surface area is 206 Å². The highest BCUT2D eigenvalue weighted by Gasteiger charge is 2.31. The van der Waals surface area contributed by atoms with Gasteiger partial charge in [-0.3, -0.25) is 4.90 Å². The molecule has 174 valence electrons. The molecule has 0 unspecified atom stereocenters. The Hall–Kier alpha value is -3.67. The highest BCUT2D eigenvalue weighted by atomic mass is 32.2. The van der Waals surface area contributed by atoms with Crippen molar-refractivity contribution in [1.29, 1.82) is 0 Å². The normalized spacial score (nSPS) is 13.9. The lowest BCUT2D eigenvalue weighted by atomic mass is 9.98. The molecule has 2 heterocycles. The van der Waals surface area contributed by atoms with E-state index in [1.807, 2.05) is 67.6 Å². The lowest BCUT2D eigenvalue weighted by Crippen LogP contribution is -2.24. The number of hydrogen-bond donors (Lipinski definition) is 0. The van der Waals surface area contributed by atoms with Gasteiger partial charge in [0.1, 0.15) is 0 Å². The minimum absolute atomic E-state index is 0.304. The number of fused-ring (bicyclic) bond motifs is 5. The van der Waals surface area contributed by atoms with Crippen LogP contribution in [-0.4, -0.2) is 17.3 Å². The Morgan fingerprint density at radius 1 is 0.743 bits per heavy atom. The van der Waals surface area contributed by atoms with Gasteiger partial charge in [-0.1, -0.05) is 90.5 Å². The van der Waals surface area contributed by atoms with Gasteiger partial charge in [0.05, 0.1) is 16.1 Å². The van der Waals surface area contributed by atoms with Crippen molar-refractivity contribution in [1.82, 2.24) is 8.87 Å². The van der Waals surface area contributed by atoms with Crippen molar-refractivity contribution < 1.29 is 8.42 Å². The third-order valence-electron chi connectivity index (χ3n) is 6.79. The van der Waals surface area contributed by atoms with Crippen LogP contribution in [0, 0.1) is 6.92 Å². The molecule has 4 nitrogen and oxygen atoms in total. The Kier molecular flexibility index (Phi) is 5.32. The zero-order chi connectivity index (χ0) is 24.0. The van der Waals surface area contributed by atoms with E-state index in [-0.39, 0.29) is 0 Å². The molecule has 1 aromatic heterocycles. The van der Waals surface area contributed by atoms with Gasteiger partial charge in [-0.15, -0.1) is 0 Å². The molecular formula is C30H26N2O2S. The van der Waals surface area contributed by atoms with Gasteiger partial charge in [-0.2, -0.15) is 0 Å². The number of para-hydroxylation sites is 1. The molecular weight excluding hydrogens is 452 g/mol. The van der Waals surface area contributed by atoms with Crippen LogP contribution in [0.3, 0.4) is 0 Å². The average molecular weight is 479 g/mol. The van der Waals surface area contributed by atoms with E-state index < -0.39 is 10.0 Å². The van der Waals surface area contributed by atoms with Crippen LogP contribution in [0.4, 0.5) is 0 Å². The second kappa shape index (κ2) is 8.52. The van der Waals surface area contributed by atoms with E-state index in [4.69, 9.17) is 0 Å². The van der Waals surface area contributed by atoms with Gasteiger partial charge in [0.2, 0.25) is 0 Å². The van der Waals surface area contributed by atoms with E-state index in [2.05, 4.69) is 35.2 Å². The van der Waals surface area contributed by atoms with Gasteiger partial charge in [-0.25, -0.2) is 12.4 Å². The molecule has 0 fully saturated rings. The lowest BCUT2D eigenvalue weighted by Gasteiger charge is -2.22. The van der Waals surface area contributed by atoms with Crippen LogP contribution in [0.15, 0.2) is 108 Å². The van der Waals surface area contributed by atoms with Crippen molar-refractivity contribution in [2.24, 2.45) is 0 Å². The molecule has 0 amide bonds. The van der Waals surface area contributed by atoms with E-state index >= 15 is 0 Å². The van der Waals surface area contributed by atoms with Gasteiger partial charge < -0.3 is 0 Å². The van der Waals surface area contributed by atoms with Crippen molar-refractivity contribution in [3.63, 3.8) is 0 Å². The minimum Gasteiger partial charge on any atom is -0.289 e. The summed E-state index contributed by atoms with van der Waals surface area (Å²) in [7, 11) is -3.81. The molecule has 6 rings (SSSR count). The minimum atomic E-state index is -3.81. The summed E-state index contributed by atoms with van der Waals surface area (Å²) in [6, 6.07) is 33.7. The highest BCUT2D eigenvalue weighted by molar-refractivity contribution is 7.90. The molecule has 0 saturated heterocycles. The van der Waals surface area contributed by atoms with Crippen LogP contribution in [0.25, 0.3) is 22.0 Å². The first kappa shape index (κ1) is 21.8. The molecule has 0 aliphatic carbocycles. The van der Waals surface area contributed by atoms with E-state index in [1.54, 1.807) is 16.1 Å². The SMILES string of the molecule is Cc1ccc(S(=O)(=O)n2c3c(c4ccccc42)-c2ccccc2CN(Cc2ccccc2)C3)cc1. The molecule has 0 bridgehead atoms. The monoisotopic (exact) mass is 478 g/mol. The summed E-state index contributed by atoms with van der Waals surface area (Å²) in [6.07, 6.45) is 0. The van der Waals surface area contributed by atoms with Crippen molar-refractivity contribution in [3.8, 4) is 11.1 Å². The smallest absolute Gasteiger partial charge is 0.268 e. The Balaban J connectivity index is 1.62. The first-order valence-electron chi connectivity index (χ1n) is 11.8. The van der Waals surface area contributed by atoms with Gasteiger partial charge in [0.25, 0.3) is 10.0 Å². The second-order valence-corrected chi connectivity index (χ2v) is 11.0. The summed E-state index contributed by atoms with van der Waals surface area (Å²) >= 11 is 0. The number of aromatic nitrogens is 1. The molecule has 1 aliphatic rings. The summed E-state index contributed by atoms with van der Waals surface area (Å²) in [6.45, 7) is 3.98. The Morgan fingerprint density at radius 3 is 2.23 bits per heavy atom. The maximum atomic E-state index is 14.1. The summed E-state index contributed by atoms with van der Waals surface area (Å²) < 4.78 is 29.8. The van der Waals surface area contributed by atoms with Crippen molar-refractivity contribution >= 4 is 20.9 Å². The molecule has 0 saturated carbocycles. The molecule has 0 radical (unpaired) electrons. The number of hydrogen-bond acceptors (Lipinski definition) is 3. The molecule has 0 spiro atoms. The number of benzene rings is 4. The van der Waals surface area contributed by atoms with Crippen LogP contribution < -0.4 is 0 Å². The maximum Gasteiger partial charge on any atom is 0.268 e. The standard InChI is InChI=1S/C30H26N2O2S/c1-22-15-17-25(18-16-22)35(33,34)32-28-14-8-7-13-27(28)30-26-12-6-5-11-24(26)20-31(21-29(30)32)19-23-9-3-2-4-10-23/h2-18H,19-21H2,1H3. The van der Waals surface area contributed by atoms with Crippen molar-refractivity contribution in [2.75, 3.05) is 0 Å². The fourth-order valence-corrected chi connectivity index (χ4v) is 6.71. The Bertz CT molecular complexity index is 1640. The largest absolute Gasteiger partial charge is 0.289 e. The fraction of sp³-hybridized carbons (Fsp3) is 0.133. The first-order valence-corrected chi connectivity index (χ1v) is 13.3. The van der Waals surface area contributed by atoms with Gasteiger partial charge in [-0.05, 0) is 41.8 Å². The predicted octanol–water partition coefficient (Wildman–Crippen LogP) is 6.37. The summed E-state index contributed by atoms with van der Waals surface area (Å²) in [5.41, 5.74) is 7.09. The second-order valence-electron chi connectivity index (χ2n) is 9.21. The third-order valence-corrected chi connectivity index (χ3v) is 8.55. The van der Waals surface area contributed by atoms with Crippen LogP contribution in [0.2, 0.25) is 0 Å². The van der Waals surface area contributed by atoms with Crippen molar-refractivity contribution in [2.45, 2.75) is 31.5 Å². The van der Waals surface area contributed by atoms with Crippen LogP contribution in [0.1, 0.15) is 22.4 Å². The lowest BCUT2D eigenvalue weighted by molar-refractivity contribution is 0.247. The summed E-state index contributed by atoms with van der Waals surface area (Å²) in [5.74, 6) is 0. The molecule has 5 aromatic rings.